The highest BCUT2D eigenvalue weighted by molar-refractivity contribution is 5.94. The van der Waals surface area contributed by atoms with Crippen molar-refractivity contribution in [2.45, 2.75) is 0 Å². The van der Waals surface area contributed by atoms with E-state index in [0.29, 0.717) is 11.3 Å². The number of nitrogens with two attached hydrogens (primary N) is 2. The maximum atomic E-state index is 11.0. The summed E-state index contributed by atoms with van der Waals surface area (Å²) in [6.45, 7) is 0. The number of nitrogens with zero attached hydrogens (tertiary/aromatic N) is 1. The Labute approximate surface area is 92.9 Å². The molecule has 80 valence electrons. The van der Waals surface area contributed by atoms with Crippen molar-refractivity contribution in [3.8, 4) is 11.1 Å². The molecule has 0 radical (unpaired) electrons. The van der Waals surface area contributed by atoms with E-state index in [2.05, 4.69) is 4.98 Å². The van der Waals surface area contributed by atoms with Crippen molar-refractivity contribution in [1.82, 2.24) is 4.98 Å². The average Bonchev–Trinajstić information content (AvgIpc) is 2.30. The zero-order valence-electron chi connectivity index (χ0n) is 8.55. The predicted octanol–water partition coefficient (Wildman–Crippen LogP) is 1.43. The Bertz CT molecular complexity index is 537. The summed E-state index contributed by atoms with van der Waals surface area (Å²) in [5.74, 6) is -0.454. The monoisotopic (exact) mass is 213 g/mol. The number of primary amides is 1. The van der Waals surface area contributed by atoms with Crippen LogP contribution in [0.1, 0.15) is 10.4 Å². The van der Waals surface area contributed by atoms with Crippen LogP contribution in [0.5, 0.6) is 0 Å². The molecule has 1 amide bonds. The first-order valence-corrected chi connectivity index (χ1v) is 4.78. The molecule has 0 aliphatic rings. The van der Waals surface area contributed by atoms with Crippen LogP contribution >= 0.6 is 0 Å². The number of anilines is 1. The van der Waals surface area contributed by atoms with E-state index in [1.807, 2.05) is 6.07 Å². The SMILES string of the molecule is NC(=O)c1cccc(-c2cnccc2N)c1. The van der Waals surface area contributed by atoms with Gasteiger partial charge in [0.1, 0.15) is 0 Å². The molecule has 4 heteroatoms. The summed E-state index contributed by atoms with van der Waals surface area (Å²) in [4.78, 5) is 15.0. The molecule has 0 saturated heterocycles. The number of pyridine rings is 1. The molecule has 1 aromatic heterocycles. The van der Waals surface area contributed by atoms with Crippen LogP contribution in [0.15, 0.2) is 42.7 Å². The molecule has 0 bridgehead atoms. The van der Waals surface area contributed by atoms with E-state index in [4.69, 9.17) is 11.5 Å². The van der Waals surface area contributed by atoms with Crippen molar-refractivity contribution in [3.05, 3.63) is 48.3 Å². The fraction of sp³-hybridized carbons (Fsp3) is 0. The van der Waals surface area contributed by atoms with Gasteiger partial charge in [0, 0.05) is 29.2 Å². The molecular formula is C12H11N3O. The van der Waals surface area contributed by atoms with Crippen molar-refractivity contribution in [2.24, 2.45) is 5.73 Å². The van der Waals surface area contributed by atoms with Gasteiger partial charge in [-0.3, -0.25) is 9.78 Å². The van der Waals surface area contributed by atoms with Crippen LogP contribution < -0.4 is 11.5 Å². The van der Waals surface area contributed by atoms with Gasteiger partial charge in [0.05, 0.1) is 0 Å². The zero-order chi connectivity index (χ0) is 11.5. The van der Waals surface area contributed by atoms with Gasteiger partial charge in [0.2, 0.25) is 5.91 Å². The quantitative estimate of drug-likeness (QED) is 0.791. The fourth-order valence-corrected chi connectivity index (χ4v) is 1.49. The van der Waals surface area contributed by atoms with E-state index >= 15 is 0 Å². The number of hydrogen-bond acceptors (Lipinski definition) is 3. The summed E-state index contributed by atoms with van der Waals surface area (Å²) in [5.41, 5.74) is 13.7. The molecule has 2 aromatic rings. The Hall–Kier alpha value is -2.36. The molecule has 2 rings (SSSR count). The number of amides is 1. The normalized spacial score (nSPS) is 10.0. The largest absolute Gasteiger partial charge is 0.398 e. The highest BCUT2D eigenvalue weighted by atomic mass is 16.1. The summed E-state index contributed by atoms with van der Waals surface area (Å²) in [5, 5.41) is 0. The lowest BCUT2D eigenvalue weighted by molar-refractivity contribution is 0.100. The van der Waals surface area contributed by atoms with Crippen LogP contribution in [-0.4, -0.2) is 10.9 Å². The predicted molar refractivity (Wildman–Crippen MR) is 62.6 cm³/mol. The second-order valence-electron chi connectivity index (χ2n) is 3.41. The van der Waals surface area contributed by atoms with Crippen molar-refractivity contribution in [1.29, 1.82) is 0 Å². The topological polar surface area (TPSA) is 82.0 Å². The number of rotatable bonds is 2. The lowest BCUT2D eigenvalue weighted by atomic mass is 10.0. The first kappa shape index (κ1) is 10.2. The van der Waals surface area contributed by atoms with Gasteiger partial charge in [0.25, 0.3) is 0 Å². The Kier molecular flexibility index (Phi) is 2.55. The van der Waals surface area contributed by atoms with E-state index in [-0.39, 0.29) is 0 Å². The number of hydrogen-bond donors (Lipinski definition) is 2. The van der Waals surface area contributed by atoms with Crippen LogP contribution in [0, 0.1) is 0 Å². The van der Waals surface area contributed by atoms with E-state index in [1.165, 1.54) is 0 Å². The lowest BCUT2D eigenvalue weighted by Gasteiger charge is -2.05. The summed E-state index contributed by atoms with van der Waals surface area (Å²) in [6.07, 6.45) is 3.28. The molecule has 0 fully saturated rings. The molecule has 0 atom stereocenters. The number of aromatic nitrogens is 1. The molecule has 0 aliphatic carbocycles. The number of benzene rings is 1. The van der Waals surface area contributed by atoms with Crippen LogP contribution in [-0.2, 0) is 0 Å². The molecule has 4 nitrogen and oxygen atoms in total. The fourth-order valence-electron chi connectivity index (χ4n) is 1.49. The standard InChI is InChI=1S/C12H11N3O/c13-11-4-5-15-7-10(11)8-2-1-3-9(6-8)12(14)16/h1-7H,(H2,13,15)(H2,14,16). The molecular weight excluding hydrogens is 202 g/mol. The minimum Gasteiger partial charge on any atom is -0.398 e. The second kappa shape index (κ2) is 4.02. The van der Waals surface area contributed by atoms with Crippen LogP contribution in [0.4, 0.5) is 5.69 Å². The van der Waals surface area contributed by atoms with Gasteiger partial charge in [-0.1, -0.05) is 12.1 Å². The molecule has 0 unspecified atom stereocenters. The molecule has 1 aromatic carbocycles. The third-order valence-electron chi connectivity index (χ3n) is 2.31. The smallest absolute Gasteiger partial charge is 0.248 e. The van der Waals surface area contributed by atoms with Crippen LogP contribution in [0.25, 0.3) is 11.1 Å². The number of nitrogen functional groups attached to an aromatic ring is 1. The first-order valence-electron chi connectivity index (χ1n) is 4.78. The summed E-state index contributed by atoms with van der Waals surface area (Å²) < 4.78 is 0. The molecule has 1 heterocycles. The van der Waals surface area contributed by atoms with E-state index in [1.54, 1.807) is 36.7 Å². The molecule has 16 heavy (non-hydrogen) atoms. The Balaban J connectivity index is 2.53. The maximum absolute atomic E-state index is 11.0. The molecule has 0 spiro atoms. The van der Waals surface area contributed by atoms with Crippen molar-refractivity contribution < 1.29 is 4.79 Å². The Morgan fingerprint density at radius 2 is 2.06 bits per heavy atom. The third-order valence-corrected chi connectivity index (χ3v) is 2.31. The minimum absolute atomic E-state index is 0.454. The average molecular weight is 213 g/mol. The van der Waals surface area contributed by atoms with Gasteiger partial charge in [-0.25, -0.2) is 0 Å². The van der Waals surface area contributed by atoms with Crippen LogP contribution in [0.2, 0.25) is 0 Å². The Morgan fingerprint density at radius 3 is 2.75 bits per heavy atom. The highest BCUT2D eigenvalue weighted by Crippen LogP contribution is 2.24. The maximum Gasteiger partial charge on any atom is 0.248 e. The van der Waals surface area contributed by atoms with Gasteiger partial charge in [-0.15, -0.1) is 0 Å². The third kappa shape index (κ3) is 1.86. The van der Waals surface area contributed by atoms with Crippen molar-refractivity contribution >= 4 is 11.6 Å². The van der Waals surface area contributed by atoms with E-state index in [9.17, 15) is 4.79 Å². The van der Waals surface area contributed by atoms with E-state index in [0.717, 1.165) is 11.1 Å². The molecule has 0 aliphatic heterocycles. The van der Waals surface area contributed by atoms with E-state index < -0.39 is 5.91 Å². The summed E-state index contributed by atoms with van der Waals surface area (Å²) in [7, 11) is 0. The highest BCUT2D eigenvalue weighted by Gasteiger charge is 2.05. The molecule has 0 saturated carbocycles. The van der Waals surface area contributed by atoms with Crippen LogP contribution in [0.3, 0.4) is 0 Å². The minimum atomic E-state index is -0.454. The number of carbonyl (C=O) groups excluding carboxylic acids is 1. The zero-order valence-corrected chi connectivity index (χ0v) is 8.55. The van der Waals surface area contributed by atoms with Gasteiger partial charge in [-0.05, 0) is 23.8 Å². The second-order valence-corrected chi connectivity index (χ2v) is 3.41. The van der Waals surface area contributed by atoms with Gasteiger partial charge >= 0.3 is 0 Å². The first-order chi connectivity index (χ1) is 7.68. The number of carbonyl (C=O) groups is 1. The van der Waals surface area contributed by atoms with Crippen molar-refractivity contribution in [3.63, 3.8) is 0 Å². The van der Waals surface area contributed by atoms with Gasteiger partial charge in [0.15, 0.2) is 0 Å². The van der Waals surface area contributed by atoms with Crippen molar-refractivity contribution in [2.75, 3.05) is 5.73 Å². The summed E-state index contributed by atoms with van der Waals surface area (Å²) in [6, 6.07) is 8.71. The van der Waals surface area contributed by atoms with Gasteiger partial charge in [-0.2, -0.15) is 0 Å². The Morgan fingerprint density at radius 1 is 1.25 bits per heavy atom. The van der Waals surface area contributed by atoms with Gasteiger partial charge < -0.3 is 11.5 Å². The molecule has 4 N–H and O–H groups in total. The summed E-state index contributed by atoms with van der Waals surface area (Å²) >= 11 is 0. The lowest BCUT2D eigenvalue weighted by Crippen LogP contribution is -2.10.